The van der Waals surface area contributed by atoms with Crippen LogP contribution in [0.5, 0.6) is 0 Å². The fourth-order valence-electron chi connectivity index (χ4n) is 2.34. The first-order valence-electron chi connectivity index (χ1n) is 7.81. The molecule has 0 saturated carbocycles. The standard InChI is InChI=1S/C18H27NO/c1-5-7-11-17-15(13-19-18(3,4)6-2)14-10-8-9-12-16(14)20-17/h8-10,12,19H,5-7,11,13H2,1-4H3. The zero-order valence-corrected chi connectivity index (χ0v) is 13.3. The molecule has 20 heavy (non-hydrogen) atoms. The van der Waals surface area contributed by atoms with Gasteiger partial charge in [-0.1, -0.05) is 38.5 Å². The van der Waals surface area contributed by atoms with Gasteiger partial charge in [0.05, 0.1) is 0 Å². The van der Waals surface area contributed by atoms with Crippen molar-refractivity contribution in [3.05, 3.63) is 35.6 Å². The molecule has 1 N–H and O–H groups in total. The van der Waals surface area contributed by atoms with Crippen molar-refractivity contribution in [3.8, 4) is 0 Å². The Labute approximate surface area is 122 Å². The second-order valence-electron chi connectivity index (χ2n) is 6.19. The molecule has 0 fully saturated rings. The predicted molar refractivity (Wildman–Crippen MR) is 86.0 cm³/mol. The summed E-state index contributed by atoms with van der Waals surface area (Å²) in [6.07, 6.45) is 4.54. The highest BCUT2D eigenvalue weighted by Gasteiger charge is 2.18. The Kier molecular flexibility index (Phi) is 4.87. The van der Waals surface area contributed by atoms with Gasteiger partial charge in [-0.15, -0.1) is 0 Å². The smallest absolute Gasteiger partial charge is 0.134 e. The minimum Gasteiger partial charge on any atom is -0.461 e. The number of fused-ring (bicyclic) bond motifs is 1. The minimum absolute atomic E-state index is 0.167. The molecule has 0 amide bonds. The Morgan fingerprint density at radius 3 is 2.60 bits per heavy atom. The number of nitrogens with one attached hydrogen (secondary N) is 1. The van der Waals surface area contributed by atoms with E-state index in [4.69, 9.17) is 4.42 Å². The number of unbranched alkanes of at least 4 members (excludes halogenated alkanes) is 1. The van der Waals surface area contributed by atoms with E-state index in [0.29, 0.717) is 0 Å². The van der Waals surface area contributed by atoms with Gasteiger partial charge >= 0.3 is 0 Å². The van der Waals surface area contributed by atoms with Gasteiger partial charge in [0.1, 0.15) is 11.3 Å². The number of aryl methyl sites for hydroxylation is 1. The fraction of sp³-hybridized carbons (Fsp3) is 0.556. The third kappa shape index (κ3) is 3.43. The van der Waals surface area contributed by atoms with E-state index in [2.05, 4.69) is 51.2 Å². The number of hydrogen-bond acceptors (Lipinski definition) is 2. The van der Waals surface area contributed by atoms with Crippen molar-refractivity contribution in [2.45, 2.75) is 65.5 Å². The van der Waals surface area contributed by atoms with Crippen molar-refractivity contribution in [1.82, 2.24) is 5.32 Å². The van der Waals surface area contributed by atoms with E-state index < -0.39 is 0 Å². The zero-order valence-electron chi connectivity index (χ0n) is 13.3. The Hall–Kier alpha value is -1.28. The molecule has 2 heteroatoms. The zero-order chi connectivity index (χ0) is 14.6. The molecule has 0 bridgehead atoms. The molecule has 0 aliphatic carbocycles. The lowest BCUT2D eigenvalue weighted by Crippen LogP contribution is -2.37. The molecular weight excluding hydrogens is 246 g/mol. The van der Waals surface area contributed by atoms with Crippen molar-refractivity contribution >= 4 is 11.0 Å². The molecule has 0 aliphatic rings. The fourth-order valence-corrected chi connectivity index (χ4v) is 2.34. The van der Waals surface area contributed by atoms with Crippen molar-refractivity contribution in [3.63, 3.8) is 0 Å². The first-order chi connectivity index (χ1) is 9.57. The minimum atomic E-state index is 0.167. The van der Waals surface area contributed by atoms with Gasteiger partial charge in [0, 0.05) is 29.5 Å². The normalized spacial score (nSPS) is 12.2. The summed E-state index contributed by atoms with van der Waals surface area (Å²) in [6.45, 7) is 9.83. The van der Waals surface area contributed by atoms with Crippen molar-refractivity contribution in [1.29, 1.82) is 0 Å². The molecule has 0 radical (unpaired) electrons. The molecule has 0 unspecified atom stereocenters. The van der Waals surface area contributed by atoms with Crippen LogP contribution in [0.25, 0.3) is 11.0 Å². The molecule has 1 aromatic carbocycles. The number of benzene rings is 1. The number of rotatable bonds is 7. The van der Waals surface area contributed by atoms with Crippen LogP contribution in [0.4, 0.5) is 0 Å². The third-order valence-corrected chi connectivity index (χ3v) is 4.17. The van der Waals surface area contributed by atoms with E-state index in [1.165, 1.54) is 23.8 Å². The molecule has 0 spiro atoms. The van der Waals surface area contributed by atoms with Gasteiger partial charge in [-0.3, -0.25) is 0 Å². The van der Waals surface area contributed by atoms with E-state index in [1.54, 1.807) is 0 Å². The van der Waals surface area contributed by atoms with Gasteiger partial charge in [-0.2, -0.15) is 0 Å². The molecule has 0 saturated heterocycles. The van der Waals surface area contributed by atoms with Crippen LogP contribution in [0.1, 0.15) is 58.3 Å². The van der Waals surface area contributed by atoms with Crippen LogP contribution in [-0.4, -0.2) is 5.54 Å². The summed E-state index contributed by atoms with van der Waals surface area (Å²) >= 11 is 0. The van der Waals surface area contributed by atoms with Gasteiger partial charge in [0.2, 0.25) is 0 Å². The molecule has 110 valence electrons. The van der Waals surface area contributed by atoms with E-state index in [1.807, 2.05) is 6.07 Å². The van der Waals surface area contributed by atoms with Gasteiger partial charge in [-0.05, 0) is 32.8 Å². The predicted octanol–water partition coefficient (Wildman–Crippen LogP) is 5.05. The molecule has 1 aromatic heterocycles. The summed E-state index contributed by atoms with van der Waals surface area (Å²) in [6, 6.07) is 8.38. The monoisotopic (exact) mass is 273 g/mol. The van der Waals surface area contributed by atoms with Crippen molar-refractivity contribution in [2.24, 2.45) is 0 Å². The molecule has 0 aliphatic heterocycles. The largest absolute Gasteiger partial charge is 0.461 e. The van der Waals surface area contributed by atoms with E-state index in [0.717, 1.165) is 30.7 Å². The highest BCUT2D eigenvalue weighted by Crippen LogP contribution is 2.27. The summed E-state index contributed by atoms with van der Waals surface area (Å²) in [5, 5.41) is 4.92. The Morgan fingerprint density at radius 2 is 1.90 bits per heavy atom. The topological polar surface area (TPSA) is 25.2 Å². The van der Waals surface area contributed by atoms with Crippen LogP contribution >= 0.6 is 0 Å². The lowest BCUT2D eigenvalue weighted by molar-refractivity contribution is 0.372. The summed E-state index contributed by atoms with van der Waals surface area (Å²) in [7, 11) is 0. The molecule has 1 heterocycles. The molecule has 2 aromatic rings. The van der Waals surface area contributed by atoms with Crippen LogP contribution < -0.4 is 5.32 Å². The first-order valence-corrected chi connectivity index (χ1v) is 7.81. The number of hydrogen-bond donors (Lipinski definition) is 1. The van der Waals surface area contributed by atoms with Crippen LogP contribution in [0.2, 0.25) is 0 Å². The second-order valence-corrected chi connectivity index (χ2v) is 6.19. The highest BCUT2D eigenvalue weighted by atomic mass is 16.3. The SMILES string of the molecule is CCCCc1oc2ccccc2c1CNC(C)(C)CC. The maximum atomic E-state index is 6.06. The number of para-hydroxylation sites is 1. The maximum absolute atomic E-state index is 6.06. The van der Waals surface area contributed by atoms with E-state index in [9.17, 15) is 0 Å². The summed E-state index contributed by atoms with van der Waals surface area (Å²) in [4.78, 5) is 0. The maximum Gasteiger partial charge on any atom is 0.134 e. The first kappa shape index (κ1) is 15.1. The number of furan rings is 1. The van der Waals surface area contributed by atoms with Crippen LogP contribution in [-0.2, 0) is 13.0 Å². The molecule has 2 nitrogen and oxygen atoms in total. The van der Waals surface area contributed by atoms with Crippen molar-refractivity contribution in [2.75, 3.05) is 0 Å². The quantitative estimate of drug-likeness (QED) is 0.763. The van der Waals surface area contributed by atoms with Gasteiger partial charge in [0.25, 0.3) is 0 Å². The van der Waals surface area contributed by atoms with Crippen LogP contribution in [0.15, 0.2) is 28.7 Å². The summed E-state index contributed by atoms with van der Waals surface area (Å²) in [5.41, 5.74) is 2.53. The molecule has 2 rings (SSSR count). The lowest BCUT2D eigenvalue weighted by Gasteiger charge is -2.24. The third-order valence-electron chi connectivity index (χ3n) is 4.17. The summed E-state index contributed by atoms with van der Waals surface area (Å²) < 4.78 is 6.06. The highest BCUT2D eigenvalue weighted by molar-refractivity contribution is 5.82. The molecule has 0 atom stereocenters. The van der Waals surface area contributed by atoms with Crippen LogP contribution in [0.3, 0.4) is 0 Å². The Bertz CT molecular complexity index is 554. The van der Waals surface area contributed by atoms with Crippen molar-refractivity contribution < 1.29 is 4.42 Å². The van der Waals surface area contributed by atoms with Gasteiger partial charge in [-0.25, -0.2) is 0 Å². The van der Waals surface area contributed by atoms with Gasteiger partial charge < -0.3 is 9.73 Å². The summed E-state index contributed by atoms with van der Waals surface area (Å²) in [5.74, 6) is 1.16. The Morgan fingerprint density at radius 1 is 1.15 bits per heavy atom. The second kappa shape index (κ2) is 6.45. The van der Waals surface area contributed by atoms with E-state index in [-0.39, 0.29) is 5.54 Å². The Balaban J connectivity index is 2.28. The molecular formula is C18H27NO. The van der Waals surface area contributed by atoms with Gasteiger partial charge in [0.15, 0.2) is 0 Å². The van der Waals surface area contributed by atoms with Crippen LogP contribution in [0, 0.1) is 0 Å². The van der Waals surface area contributed by atoms with E-state index >= 15 is 0 Å². The average Bonchev–Trinajstić information content (AvgIpc) is 2.80. The lowest BCUT2D eigenvalue weighted by atomic mass is 10.0. The average molecular weight is 273 g/mol.